The van der Waals surface area contributed by atoms with Crippen LogP contribution >= 0.6 is 0 Å². The Labute approximate surface area is 126 Å². The summed E-state index contributed by atoms with van der Waals surface area (Å²) < 4.78 is 2.03. The molecule has 1 aromatic rings. The van der Waals surface area contributed by atoms with Crippen LogP contribution in [0.5, 0.6) is 0 Å². The van der Waals surface area contributed by atoms with E-state index in [1.807, 2.05) is 10.6 Å². The third-order valence-electron chi connectivity index (χ3n) is 5.71. The van der Waals surface area contributed by atoms with Crippen LogP contribution in [0.1, 0.15) is 30.9 Å². The summed E-state index contributed by atoms with van der Waals surface area (Å²) in [4.78, 5) is 17.2. The fourth-order valence-corrected chi connectivity index (χ4v) is 4.59. The van der Waals surface area contributed by atoms with Crippen LogP contribution in [0.4, 0.5) is 0 Å². The maximum absolute atomic E-state index is 12.1. The molecule has 114 valence electrons. The zero-order valence-electron chi connectivity index (χ0n) is 12.9. The van der Waals surface area contributed by atoms with Crippen LogP contribution in [-0.2, 0) is 6.54 Å². The summed E-state index contributed by atoms with van der Waals surface area (Å²) in [5, 5.41) is 0. The molecule has 3 aliphatic rings. The quantitative estimate of drug-likeness (QED) is 0.781. The monoisotopic (exact) mass is 287 g/mol. The molecule has 4 rings (SSSR count). The van der Waals surface area contributed by atoms with Gasteiger partial charge in [0, 0.05) is 43.4 Å². The van der Waals surface area contributed by atoms with E-state index < -0.39 is 0 Å². The molecule has 3 aliphatic heterocycles. The molecule has 2 atom stereocenters. The predicted octanol–water partition coefficient (Wildman–Crippen LogP) is 1.36. The molecular weight excluding hydrogens is 262 g/mol. The van der Waals surface area contributed by atoms with Gasteiger partial charge in [-0.1, -0.05) is 6.07 Å². The first kappa shape index (κ1) is 13.5. The van der Waals surface area contributed by atoms with Gasteiger partial charge in [0.05, 0.1) is 0 Å². The van der Waals surface area contributed by atoms with Gasteiger partial charge in [0.15, 0.2) is 0 Å². The molecule has 0 saturated carbocycles. The Morgan fingerprint density at radius 3 is 2.71 bits per heavy atom. The second kappa shape index (κ2) is 5.25. The fraction of sp³-hybridized carbons (Fsp3) is 0.706. The van der Waals surface area contributed by atoms with E-state index in [4.69, 9.17) is 0 Å². The number of aromatic nitrogens is 1. The molecule has 0 N–H and O–H groups in total. The minimum absolute atomic E-state index is 0.190. The van der Waals surface area contributed by atoms with Crippen molar-refractivity contribution < 1.29 is 0 Å². The molecule has 0 spiro atoms. The molecule has 4 heteroatoms. The zero-order valence-corrected chi connectivity index (χ0v) is 12.9. The summed E-state index contributed by atoms with van der Waals surface area (Å²) in [7, 11) is 2.23. The number of nitrogens with zero attached hydrogens (tertiary/aromatic N) is 3. The fourth-order valence-electron chi connectivity index (χ4n) is 4.59. The number of hydrogen-bond acceptors (Lipinski definition) is 3. The lowest BCUT2D eigenvalue weighted by Crippen LogP contribution is -2.52. The number of pyridine rings is 1. The van der Waals surface area contributed by atoms with E-state index in [0.29, 0.717) is 11.8 Å². The van der Waals surface area contributed by atoms with Gasteiger partial charge in [-0.25, -0.2) is 0 Å². The first-order valence-electron chi connectivity index (χ1n) is 8.33. The minimum Gasteiger partial charge on any atom is -0.312 e. The lowest BCUT2D eigenvalue weighted by molar-refractivity contribution is 0.0517. The van der Waals surface area contributed by atoms with Crippen LogP contribution in [-0.4, -0.2) is 53.6 Å². The number of piperidine rings is 2. The number of likely N-dealkylation sites (tertiary alicyclic amines) is 2. The second-order valence-corrected chi connectivity index (χ2v) is 7.19. The van der Waals surface area contributed by atoms with Gasteiger partial charge in [-0.3, -0.25) is 9.69 Å². The van der Waals surface area contributed by atoms with Gasteiger partial charge >= 0.3 is 0 Å². The largest absolute Gasteiger partial charge is 0.312 e. The maximum atomic E-state index is 12.1. The Kier molecular flexibility index (Phi) is 3.38. The summed E-state index contributed by atoms with van der Waals surface area (Å²) in [6.45, 7) is 5.72. The van der Waals surface area contributed by atoms with Crippen molar-refractivity contribution in [3.05, 3.63) is 34.2 Å². The lowest BCUT2D eigenvalue weighted by Gasteiger charge is -2.47. The van der Waals surface area contributed by atoms with Crippen LogP contribution in [0.25, 0.3) is 0 Å². The van der Waals surface area contributed by atoms with Crippen molar-refractivity contribution in [1.82, 2.24) is 14.4 Å². The molecule has 21 heavy (non-hydrogen) atoms. The van der Waals surface area contributed by atoms with E-state index >= 15 is 0 Å². The minimum atomic E-state index is 0.190. The van der Waals surface area contributed by atoms with E-state index in [-0.39, 0.29) is 5.56 Å². The SMILES string of the molecule is CN1CCC(N2C[C@@H]3C[C@H](C2)c2cccc(=O)n2C3)CC1. The van der Waals surface area contributed by atoms with Crippen LogP contribution in [0.15, 0.2) is 23.0 Å². The van der Waals surface area contributed by atoms with E-state index in [0.717, 1.165) is 19.1 Å². The Hall–Kier alpha value is -1.13. The first-order valence-corrected chi connectivity index (χ1v) is 8.33. The van der Waals surface area contributed by atoms with E-state index in [2.05, 4.69) is 22.9 Å². The van der Waals surface area contributed by atoms with Gasteiger partial charge in [-0.05, 0) is 51.4 Å². The van der Waals surface area contributed by atoms with Gasteiger partial charge in [0.1, 0.15) is 0 Å². The van der Waals surface area contributed by atoms with E-state index in [9.17, 15) is 4.79 Å². The van der Waals surface area contributed by atoms with Crippen LogP contribution in [0.2, 0.25) is 0 Å². The Morgan fingerprint density at radius 1 is 1.10 bits per heavy atom. The van der Waals surface area contributed by atoms with Crippen molar-refractivity contribution in [2.45, 2.75) is 37.8 Å². The predicted molar refractivity (Wildman–Crippen MR) is 83.6 cm³/mol. The molecule has 2 bridgehead atoms. The van der Waals surface area contributed by atoms with E-state index in [1.165, 1.54) is 44.6 Å². The Morgan fingerprint density at radius 2 is 1.90 bits per heavy atom. The van der Waals surface area contributed by atoms with Crippen molar-refractivity contribution >= 4 is 0 Å². The highest BCUT2D eigenvalue weighted by Crippen LogP contribution is 2.36. The summed E-state index contributed by atoms with van der Waals surface area (Å²) in [6, 6.07) is 6.57. The Bertz CT molecular complexity index is 574. The van der Waals surface area contributed by atoms with Crippen LogP contribution in [0.3, 0.4) is 0 Å². The van der Waals surface area contributed by atoms with Crippen LogP contribution in [0, 0.1) is 5.92 Å². The smallest absolute Gasteiger partial charge is 0.250 e. The molecule has 0 aromatic carbocycles. The van der Waals surface area contributed by atoms with E-state index in [1.54, 1.807) is 6.07 Å². The molecule has 4 heterocycles. The van der Waals surface area contributed by atoms with Crippen molar-refractivity contribution in [3.8, 4) is 0 Å². The van der Waals surface area contributed by atoms with Gasteiger partial charge in [0.2, 0.25) is 0 Å². The molecule has 2 saturated heterocycles. The molecule has 0 radical (unpaired) electrons. The zero-order chi connectivity index (χ0) is 14.4. The molecule has 0 unspecified atom stereocenters. The van der Waals surface area contributed by atoms with Gasteiger partial charge in [0.25, 0.3) is 5.56 Å². The number of hydrogen-bond donors (Lipinski definition) is 0. The lowest BCUT2D eigenvalue weighted by atomic mass is 9.82. The average Bonchev–Trinajstić information content (AvgIpc) is 2.49. The maximum Gasteiger partial charge on any atom is 0.250 e. The summed E-state index contributed by atoms with van der Waals surface area (Å²) in [6.07, 6.45) is 3.88. The van der Waals surface area contributed by atoms with Gasteiger partial charge in [-0.2, -0.15) is 0 Å². The van der Waals surface area contributed by atoms with Crippen molar-refractivity contribution in [1.29, 1.82) is 0 Å². The third-order valence-corrected chi connectivity index (χ3v) is 5.71. The van der Waals surface area contributed by atoms with Gasteiger partial charge in [-0.15, -0.1) is 0 Å². The van der Waals surface area contributed by atoms with Crippen LogP contribution < -0.4 is 5.56 Å². The number of fused-ring (bicyclic) bond motifs is 4. The molecule has 2 fully saturated rings. The Balaban J connectivity index is 1.55. The molecule has 0 aliphatic carbocycles. The normalized spacial score (nSPS) is 31.1. The highest BCUT2D eigenvalue weighted by Gasteiger charge is 2.37. The van der Waals surface area contributed by atoms with Crippen molar-refractivity contribution in [2.24, 2.45) is 5.92 Å². The summed E-state index contributed by atoms with van der Waals surface area (Å²) in [5.74, 6) is 1.22. The highest BCUT2D eigenvalue weighted by atomic mass is 16.1. The summed E-state index contributed by atoms with van der Waals surface area (Å²) in [5.41, 5.74) is 1.46. The standard InChI is InChI=1S/C17H25N3O/c1-18-7-5-15(6-8-18)19-10-13-9-14(12-19)16-3-2-4-17(21)20(16)11-13/h2-4,13-15H,5-12H2,1H3/t13-,14+/m0/s1. The van der Waals surface area contributed by atoms with Gasteiger partial charge < -0.3 is 9.47 Å². The van der Waals surface area contributed by atoms with Crippen molar-refractivity contribution in [2.75, 3.05) is 33.2 Å². The molecular formula is C17H25N3O. The molecule has 4 nitrogen and oxygen atoms in total. The second-order valence-electron chi connectivity index (χ2n) is 7.19. The topological polar surface area (TPSA) is 28.5 Å². The number of rotatable bonds is 1. The van der Waals surface area contributed by atoms with Crippen molar-refractivity contribution in [3.63, 3.8) is 0 Å². The average molecular weight is 287 g/mol. The third kappa shape index (κ3) is 2.44. The highest BCUT2D eigenvalue weighted by molar-refractivity contribution is 5.17. The first-order chi connectivity index (χ1) is 10.2. The molecule has 0 amide bonds. The molecule has 1 aromatic heterocycles. The summed E-state index contributed by atoms with van der Waals surface area (Å²) >= 11 is 0.